The van der Waals surface area contributed by atoms with Crippen molar-refractivity contribution in [2.45, 2.75) is 63.3 Å². The van der Waals surface area contributed by atoms with E-state index in [1.165, 1.54) is 6.08 Å². The maximum Gasteiger partial charge on any atom is 0.245 e. The van der Waals surface area contributed by atoms with Gasteiger partial charge >= 0.3 is 0 Å². The van der Waals surface area contributed by atoms with Gasteiger partial charge in [-0.15, -0.1) is 0 Å². The van der Waals surface area contributed by atoms with Crippen LogP contribution in [0.3, 0.4) is 0 Å². The molecule has 1 aromatic rings. The first-order valence-corrected chi connectivity index (χ1v) is 9.95. The highest BCUT2D eigenvalue weighted by Gasteiger charge is 2.33. The molecule has 0 atom stereocenters. The van der Waals surface area contributed by atoms with Gasteiger partial charge in [-0.2, -0.15) is 5.26 Å². The first-order chi connectivity index (χ1) is 13.1. The van der Waals surface area contributed by atoms with Crippen molar-refractivity contribution in [2.24, 2.45) is 0 Å². The number of amides is 1. The van der Waals surface area contributed by atoms with Gasteiger partial charge in [-0.3, -0.25) is 9.69 Å². The third kappa shape index (κ3) is 4.77. The number of aliphatic hydroxyl groups excluding tert-OH is 1. The summed E-state index contributed by atoms with van der Waals surface area (Å²) in [5, 5.41) is 19.4. The molecule has 0 radical (unpaired) electrons. The number of aliphatic hydroxyl groups is 1. The third-order valence-electron chi connectivity index (χ3n) is 6.05. The zero-order valence-electron chi connectivity index (χ0n) is 15.9. The molecule has 1 aliphatic heterocycles. The van der Waals surface area contributed by atoms with Gasteiger partial charge < -0.3 is 10.0 Å². The number of hydrogen-bond acceptors (Lipinski definition) is 4. The van der Waals surface area contributed by atoms with Crippen molar-refractivity contribution in [3.8, 4) is 6.07 Å². The molecule has 144 valence electrons. The number of likely N-dealkylation sites (tertiary alicyclic amines) is 1. The van der Waals surface area contributed by atoms with E-state index in [0.717, 1.165) is 69.3 Å². The molecule has 1 N–H and O–H groups in total. The second-order valence-electron chi connectivity index (χ2n) is 7.66. The topological polar surface area (TPSA) is 67.6 Å². The summed E-state index contributed by atoms with van der Waals surface area (Å²) in [5.41, 5.74) is 1.80. The molecule has 0 aromatic heterocycles. The lowest BCUT2D eigenvalue weighted by Crippen LogP contribution is -2.50. The molecule has 3 rings (SSSR count). The van der Waals surface area contributed by atoms with Crippen LogP contribution in [0.5, 0.6) is 0 Å². The zero-order valence-corrected chi connectivity index (χ0v) is 15.9. The van der Waals surface area contributed by atoms with Gasteiger partial charge in [0.25, 0.3) is 0 Å². The second kappa shape index (κ2) is 9.16. The highest BCUT2D eigenvalue weighted by atomic mass is 16.3. The fourth-order valence-corrected chi connectivity index (χ4v) is 4.46. The first-order valence-electron chi connectivity index (χ1n) is 9.95. The molecular formula is C22H29N3O2. The largest absolute Gasteiger partial charge is 0.393 e. The number of benzene rings is 1. The molecule has 0 unspecified atom stereocenters. The number of piperidine rings is 1. The van der Waals surface area contributed by atoms with Crippen molar-refractivity contribution >= 4 is 5.91 Å². The first kappa shape index (κ1) is 19.6. The molecule has 1 aromatic carbocycles. The highest BCUT2D eigenvalue weighted by molar-refractivity contribution is 5.87. The average molecular weight is 367 g/mol. The average Bonchev–Trinajstić information content (AvgIpc) is 2.72. The monoisotopic (exact) mass is 367 g/mol. The molecule has 0 bridgehead atoms. The van der Waals surface area contributed by atoms with E-state index in [0.29, 0.717) is 12.1 Å². The Kier molecular flexibility index (Phi) is 6.65. The lowest BCUT2D eigenvalue weighted by atomic mass is 9.89. The molecule has 5 nitrogen and oxygen atoms in total. The number of carbonyl (C=O) groups excluding carboxylic acids is 1. The quantitative estimate of drug-likeness (QED) is 0.813. The minimum absolute atomic E-state index is 0.00983. The van der Waals surface area contributed by atoms with Crippen molar-refractivity contribution in [1.29, 1.82) is 5.26 Å². The van der Waals surface area contributed by atoms with E-state index >= 15 is 0 Å². The number of carbonyl (C=O) groups is 1. The van der Waals surface area contributed by atoms with Crippen LogP contribution < -0.4 is 0 Å². The molecule has 1 aliphatic carbocycles. The Bertz CT molecular complexity index is 696. The summed E-state index contributed by atoms with van der Waals surface area (Å²) in [7, 11) is 0. The van der Waals surface area contributed by atoms with E-state index < -0.39 is 0 Å². The maximum atomic E-state index is 11.9. The Hall–Kier alpha value is -2.16. The van der Waals surface area contributed by atoms with Gasteiger partial charge in [-0.25, -0.2) is 0 Å². The molecule has 1 heterocycles. The Balaban J connectivity index is 1.75. The molecule has 2 fully saturated rings. The lowest BCUT2D eigenvalue weighted by molar-refractivity contribution is -0.127. The van der Waals surface area contributed by atoms with Crippen molar-refractivity contribution in [3.05, 3.63) is 48.0 Å². The van der Waals surface area contributed by atoms with E-state index in [9.17, 15) is 15.2 Å². The summed E-state index contributed by atoms with van der Waals surface area (Å²) in [6.45, 7) is 5.85. The summed E-state index contributed by atoms with van der Waals surface area (Å²) in [4.78, 5) is 16.3. The summed E-state index contributed by atoms with van der Waals surface area (Å²) >= 11 is 0. The number of rotatable bonds is 5. The number of nitrogens with zero attached hydrogens (tertiary/aromatic N) is 3. The molecule has 1 amide bonds. The van der Waals surface area contributed by atoms with E-state index in [-0.39, 0.29) is 12.0 Å². The Morgan fingerprint density at radius 3 is 2.44 bits per heavy atom. The van der Waals surface area contributed by atoms with Crippen molar-refractivity contribution in [3.63, 3.8) is 0 Å². The van der Waals surface area contributed by atoms with Crippen molar-refractivity contribution in [2.75, 3.05) is 13.1 Å². The molecule has 1 saturated heterocycles. The Morgan fingerprint density at radius 2 is 1.81 bits per heavy atom. The van der Waals surface area contributed by atoms with Gasteiger partial charge in [0.05, 0.1) is 17.7 Å². The van der Waals surface area contributed by atoms with Crippen LogP contribution in [0.1, 0.15) is 49.7 Å². The fourth-order valence-electron chi connectivity index (χ4n) is 4.46. The third-order valence-corrected chi connectivity index (χ3v) is 6.05. The molecule has 5 heteroatoms. The molecular weight excluding hydrogens is 338 g/mol. The second-order valence-corrected chi connectivity index (χ2v) is 7.66. The highest BCUT2D eigenvalue weighted by Crippen LogP contribution is 2.30. The Morgan fingerprint density at radius 1 is 1.19 bits per heavy atom. The van der Waals surface area contributed by atoms with Gasteiger partial charge in [0, 0.05) is 31.7 Å². The van der Waals surface area contributed by atoms with Gasteiger partial charge in [-0.05, 0) is 56.2 Å². The summed E-state index contributed by atoms with van der Waals surface area (Å²) in [5.74, 6) is 0.00983. The Labute approximate surface area is 161 Å². The molecule has 2 aliphatic rings. The van der Waals surface area contributed by atoms with Crippen LogP contribution in [0.4, 0.5) is 0 Å². The van der Waals surface area contributed by atoms with E-state index in [1.54, 1.807) is 0 Å². The molecule has 27 heavy (non-hydrogen) atoms. The smallest absolute Gasteiger partial charge is 0.245 e. The molecule has 1 saturated carbocycles. The van der Waals surface area contributed by atoms with Crippen molar-refractivity contribution < 1.29 is 9.90 Å². The minimum atomic E-state index is -0.179. The van der Waals surface area contributed by atoms with Gasteiger partial charge in [-0.1, -0.05) is 24.8 Å². The van der Waals surface area contributed by atoms with Crippen LogP contribution in [0.25, 0.3) is 0 Å². The maximum absolute atomic E-state index is 11.9. The summed E-state index contributed by atoms with van der Waals surface area (Å²) in [6.07, 6.45) is 6.75. The van der Waals surface area contributed by atoms with Crippen LogP contribution in [0.2, 0.25) is 0 Å². The van der Waals surface area contributed by atoms with Crippen LogP contribution in [0.15, 0.2) is 36.9 Å². The molecule has 0 spiro atoms. The number of nitriles is 1. The predicted molar refractivity (Wildman–Crippen MR) is 105 cm³/mol. The SMILES string of the molecule is C=CC(=O)N1CCC(N(Cc2ccccc2C#N)C2CCC(O)CC2)CC1. The van der Waals surface area contributed by atoms with Gasteiger partial charge in [0.1, 0.15) is 0 Å². The van der Waals surface area contributed by atoms with Crippen LogP contribution in [0, 0.1) is 11.3 Å². The minimum Gasteiger partial charge on any atom is -0.393 e. The van der Waals surface area contributed by atoms with Gasteiger partial charge in [0.2, 0.25) is 5.91 Å². The van der Waals surface area contributed by atoms with Crippen LogP contribution in [-0.2, 0) is 11.3 Å². The van der Waals surface area contributed by atoms with E-state index in [1.807, 2.05) is 29.2 Å². The van der Waals surface area contributed by atoms with Gasteiger partial charge in [0.15, 0.2) is 0 Å². The standard InChI is InChI=1S/C22H29N3O2/c1-2-22(27)24-13-11-20(12-14-24)25(19-7-9-21(26)10-8-19)16-18-6-4-3-5-17(18)15-23/h2-6,19-21,26H,1,7-14,16H2. The summed E-state index contributed by atoms with van der Waals surface area (Å²) in [6, 6.07) is 10.9. The van der Waals surface area contributed by atoms with Crippen LogP contribution >= 0.6 is 0 Å². The van der Waals surface area contributed by atoms with E-state index in [2.05, 4.69) is 17.5 Å². The lowest BCUT2D eigenvalue weighted by Gasteiger charge is -2.44. The summed E-state index contributed by atoms with van der Waals surface area (Å²) < 4.78 is 0. The van der Waals surface area contributed by atoms with Crippen LogP contribution in [-0.4, -0.2) is 52.1 Å². The predicted octanol–water partition coefficient (Wildman–Crippen LogP) is 2.84. The normalized spacial score (nSPS) is 23.8. The zero-order chi connectivity index (χ0) is 19.2. The van der Waals surface area contributed by atoms with E-state index in [4.69, 9.17) is 0 Å². The van der Waals surface area contributed by atoms with Crippen molar-refractivity contribution in [1.82, 2.24) is 9.80 Å². The fraction of sp³-hybridized carbons (Fsp3) is 0.545. The number of hydrogen-bond donors (Lipinski definition) is 1.